The SMILES string of the molecule is O=C(N[C@H](Cc1ccc(C(F)(F)F)cc1)C(=O)O)C1CC1. The van der Waals surface area contributed by atoms with Crippen LogP contribution < -0.4 is 5.32 Å². The number of nitrogens with one attached hydrogen (secondary N) is 1. The largest absolute Gasteiger partial charge is 0.480 e. The minimum atomic E-state index is -4.43. The number of hydrogen-bond acceptors (Lipinski definition) is 2. The number of carboxylic acid groups (broad SMARTS) is 1. The number of carbonyl (C=O) groups excluding carboxylic acids is 1. The molecule has 1 aromatic rings. The number of benzene rings is 1. The van der Waals surface area contributed by atoms with Gasteiger partial charge < -0.3 is 10.4 Å². The molecule has 7 heteroatoms. The van der Waals surface area contributed by atoms with Gasteiger partial charge in [-0.05, 0) is 30.5 Å². The maximum absolute atomic E-state index is 12.4. The van der Waals surface area contributed by atoms with Crippen LogP contribution in [0.15, 0.2) is 24.3 Å². The van der Waals surface area contributed by atoms with Crippen molar-refractivity contribution in [1.82, 2.24) is 5.32 Å². The van der Waals surface area contributed by atoms with Crippen molar-refractivity contribution in [3.63, 3.8) is 0 Å². The van der Waals surface area contributed by atoms with E-state index in [1.807, 2.05) is 0 Å². The van der Waals surface area contributed by atoms with Crippen molar-refractivity contribution in [3.05, 3.63) is 35.4 Å². The lowest BCUT2D eigenvalue weighted by Gasteiger charge is -2.15. The summed E-state index contributed by atoms with van der Waals surface area (Å²) >= 11 is 0. The second-order valence-corrected chi connectivity index (χ2v) is 5.07. The molecule has 0 spiro atoms. The molecule has 0 saturated heterocycles. The molecule has 1 aliphatic carbocycles. The molecule has 114 valence electrons. The van der Waals surface area contributed by atoms with Crippen LogP contribution in [0.4, 0.5) is 13.2 Å². The number of carbonyl (C=O) groups is 2. The van der Waals surface area contributed by atoms with Crippen molar-refractivity contribution in [1.29, 1.82) is 0 Å². The molecule has 21 heavy (non-hydrogen) atoms. The molecule has 1 aliphatic rings. The van der Waals surface area contributed by atoms with Crippen LogP contribution in [0.5, 0.6) is 0 Å². The van der Waals surface area contributed by atoms with Crippen LogP contribution in [0.2, 0.25) is 0 Å². The molecule has 0 bridgehead atoms. The Bertz CT molecular complexity index is 535. The van der Waals surface area contributed by atoms with Gasteiger partial charge in [-0.1, -0.05) is 12.1 Å². The molecule has 0 aliphatic heterocycles. The molecular weight excluding hydrogens is 287 g/mol. The first-order chi connectivity index (χ1) is 9.77. The lowest BCUT2D eigenvalue weighted by molar-refractivity contribution is -0.142. The van der Waals surface area contributed by atoms with E-state index in [0.29, 0.717) is 5.56 Å². The molecule has 2 rings (SSSR count). The molecular formula is C14H14F3NO3. The first-order valence-corrected chi connectivity index (χ1v) is 6.46. The first-order valence-electron chi connectivity index (χ1n) is 6.46. The molecule has 1 aromatic carbocycles. The van der Waals surface area contributed by atoms with Gasteiger partial charge in [-0.3, -0.25) is 4.79 Å². The standard InChI is InChI=1S/C14H14F3NO3/c15-14(16,17)10-5-1-8(2-6-10)7-11(13(20)21)18-12(19)9-3-4-9/h1-2,5-6,9,11H,3-4,7H2,(H,18,19)(H,20,21)/t11-/m1/s1. The highest BCUT2D eigenvalue weighted by Gasteiger charge is 2.33. The molecule has 1 fully saturated rings. The van der Waals surface area contributed by atoms with E-state index in [4.69, 9.17) is 5.11 Å². The van der Waals surface area contributed by atoms with E-state index < -0.39 is 23.8 Å². The van der Waals surface area contributed by atoms with E-state index in [-0.39, 0.29) is 18.2 Å². The van der Waals surface area contributed by atoms with Crippen molar-refractivity contribution < 1.29 is 27.9 Å². The molecule has 0 heterocycles. The summed E-state index contributed by atoms with van der Waals surface area (Å²) in [5.74, 6) is -1.64. The zero-order valence-corrected chi connectivity index (χ0v) is 11.0. The van der Waals surface area contributed by atoms with Crippen LogP contribution in [0.25, 0.3) is 0 Å². The monoisotopic (exact) mass is 301 g/mol. The lowest BCUT2D eigenvalue weighted by atomic mass is 10.0. The Balaban J connectivity index is 2.02. The molecule has 2 N–H and O–H groups in total. The highest BCUT2D eigenvalue weighted by Crippen LogP contribution is 2.30. The molecule has 4 nitrogen and oxygen atoms in total. The van der Waals surface area contributed by atoms with Gasteiger partial charge in [-0.2, -0.15) is 13.2 Å². The Morgan fingerprint density at radius 2 is 1.81 bits per heavy atom. The summed E-state index contributed by atoms with van der Waals surface area (Å²) in [6, 6.07) is 3.12. The van der Waals surface area contributed by atoms with E-state index in [0.717, 1.165) is 25.0 Å². The third-order valence-electron chi connectivity index (χ3n) is 3.28. The minimum absolute atomic E-state index is 0.0497. The van der Waals surface area contributed by atoms with Gasteiger partial charge in [0.1, 0.15) is 6.04 Å². The highest BCUT2D eigenvalue weighted by atomic mass is 19.4. The Hall–Kier alpha value is -2.05. The van der Waals surface area contributed by atoms with E-state index in [9.17, 15) is 22.8 Å². The van der Waals surface area contributed by atoms with Crippen molar-refractivity contribution in [3.8, 4) is 0 Å². The fourth-order valence-corrected chi connectivity index (χ4v) is 1.90. The first kappa shape index (κ1) is 15.3. The number of alkyl halides is 3. The van der Waals surface area contributed by atoms with Gasteiger partial charge >= 0.3 is 12.1 Å². The maximum Gasteiger partial charge on any atom is 0.416 e. The predicted molar refractivity (Wildman–Crippen MR) is 67.4 cm³/mol. The van der Waals surface area contributed by atoms with Crippen molar-refractivity contribution in [2.75, 3.05) is 0 Å². The summed E-state index contributed by atoms with van der Waals surface area (Å²) in [4.78, 5) is 22.7. The van der Waals surface area contributed by atoms with Gasteiger partial charge in [0.15, 0.2) is 0 Å². The topological polar surface area (TPSA) is 66.4 Å². The van der Waals surface area contributed by atoms with Crippen molar-refractivity contribution >= 4 is 11.9 Å². The second kappa shape index (κ2) is 5.75. The maximum atomic E-state index is 12.4. The molecule has 1 atom stereocenters. The number of aliphatic carboxylic acids is 1. The Kier molecular flexibility index (Phi) is 4.20. The van der Waals surface area contributed by atoms with Gasteiger partial charge in [0.2, 0.25) is 5.91 Å². The summed E-state index contributed by atoms with van der Waals surface area (Å²) in [5.41, 5.74) is -0.369. The van der Waals surface area contributed by atoms with E-state index in [2.05, 4.69) is 5.32 Å². The Labute approximate surface area is 119 Å². The van der Waals surface area contributed by atoms with Gasteiger partial charge in [-0.25, -0.2) is 4.79 Å². The average Bonchev–Trinajstić information content (AvgIpc) is 3.21. The van der Waals surface area contributed by atoms with Gasteiger partial charge in [0.25, 0.3) is 0 Å². The normalized spacial score (nSPS) is 16.3. The predicted octanol–water partition coefficient (Wildman–Crippen LogP) is 2.23. The average molecular weight is 301 g/mol. The van der Waals surface area contributed by atoms with Crippen LogP contribution >= 0.6 is 0 Å². The van der Waals surface area contributed by atoms with Crippen LogP contribution in [-0.4, -0.2) is 23.0 Å². The minimum Gasteiger partial charge on any atom is -0.480 e. The number of rotatable bonds is 5. The zero-order chi connectivity index (χ0) is 15.6. The smallest absolute Gasteiger partial charge is 0.416 e. The zero-order valence-electron chi connectivity index (χ0n) is 11.0. The van der Waals surface area contributed by atoms with Crippen LogP contribution in [-0.2, 0) is 22.2 Å². The fraction of sp³-hybridized carbons (Fsp3) is 0.429. The van der Waals surface area contributed by atoms with E-state index in [1.54, 1.807) is 0 Å². The van der Waals surface area contributed by atoms with E-state index >= 15 is 0 Å². The number of halogens is 3. The quantitative estimate of drug-likeness (QED) is 0.876. The third-order valence-corrected chi connectivity index (χ3v) is 3.28. The highest BCUT2D eigenvalue weighted by molar-refractivity contribution is 5.86. The summed E-state index contributed by atoms with van der Waals surface area (Å²) in [6.45, 7) is 0. The van der Waals surface area contributed by atoms with Gasteiger partial charge in [0.05, 0.1) is 5.56 Å². The van der Waals surface area contributed by atoms with Crippen LogP contribution in [0.1, 0.15) is 24.0 Å². The van der Waals surface area contributed by atoms with Gasteiger partial charge in [0, 0.05) is 12.3 Å². The van der Waals surface area contributed by atoms with Crippen molar-refractivity contribution in [2.24, 2.45) is 5.92 Å². The molecule has 1 amide bonds. The molecule has 0 unspecified atom stereocenters. The summed E-state index contributed by atoms with van der Waals surface area (Å²) in [6.07, 6.45) is -2.98. The Morgan fingerprint density at radius 1 is 1.24 bits per heavy atom. The summed E-state index contributed by atoms with van der Waals surface area (Å²) < 4.78 is 37.3. The number of hydrogen-bond donors (Lipinski definition) is 2. The third kappa shape index (κ3) is 4.21. The lowest BCUT2D eigenvalue weighted by Crippen LogP contribution is -2.43. The van der Waals surface area contributed by atoms with Crippen molar-refractivity contribution in [2.45, 2.75) is 31.5 Å². The molecule has 1 saturated carbocycles. The summed E-state index contributed by atoms with van der Waals surface area (Å²) in [5, 5.41) is 11.5. The second-order valence-electron chi connectivity index (χ2n) is 5.07. The number of amides is 1. The van der Waals surface area contributed by atoms with Crippen LogP contribution in [0.3, 0.4) is 0 Å². The number of carboxylic acids is 1. The fourth-order valence-electron chi connectivity index (χ4n) is 1.90. The van der Waals surface area contributed by atoms with E-state index in [1.165, 1.54) is 12.1 Å². The van der Waals surface area contributed by atoms with Gasteiger partial charge in [-0.15, -0.1) is 0 Å². The Morgan fingerprint density at radius 3 is 2.24 bits per heavy atom. The summed E-state index contributed by atoms with van der Waals surface area (Å²) in [7, 11) is 0. The molecule has 0 aromatic heterocycles. The molecule has 0 radical (unpaired) electrons. The van der Waals surface area contributed by atoms with Crippen LogP contribution in [0, 0.1) is 5.92 Å².